The third-order valence-electron chi connectivity index (χ3n) is 4.47. The monoisotopic (exact) mass is 339 g/mol. The van der Waals surface area contributed by atoms with Crippen molar-refractivity contribution in [3.05, 3.63) is 34.3 Å². The summed E-state index contributed by atoms with van der Waals surface area (Å²) in [6.07, 6.45) is 1.76. The topological polar surface area (TPSA) is 23.5 Å². The first-order chi connectivity index (χ1) is 9.36. The van der Waals surface area contributed by atoms with E-state index in [2.05, 4.69) is 41.6 Å². The molecule has 1 aromatic carbocycles. The Kier molecular flexibility index (Phi) is 5.27. The SMILES string of the molecule is CC(C)(C)C1CCN(CCC(O)c2ccc(Br)cc2)C1. The number of aliphatic hydroxyl groups is 1. The van der Waals surface area contributed by atoms with Crippen LogP contribution < -0.4 is 0 Å². The molecule has 0 saturated carbocycles. The Morgan fingerprint density at radius 2 is 1.95 bits per heavy atom. The van der Waals surface area contributed by atoms with Crippen LogP contribution in [-0.2, 0) is 0 Å². The van der Waals surface area contributed by atoms with E-state index in [1.807, 2.05) is 24.3 Å². The lowest BCUT2D eigenvalue weighted by Gasteiger charge is -2.27. The molecular formula is C17H26BrNO. The average Bonchev–Trinajstić information content (AvgIpc) is 2.85. The summed E-state index contributed by atoms with van der Waals surface area (Å²) in [6.45, 7) is 10.3. The fraction of sp³-hybridized carbons (Fsp3) is 0.647. The maximum Gasteiger partial charge on any atom is 0.0802 e. The van der Waals surface area contributed by atoms with Crippen molar-refractivity contribution in [3.63, 3.8) is 0 Å². The van der Waals surface area contributed by atoms with E-state index >= 15 is 0 Å². The van der Waals surface area contributed by atoms with Gasteiger partial charge in [-0.1, -0.05) is 48.8 Å². The Labute approximate surface area is 131 Å². The van der Waals surface area contributed by atoms with Gasteiger partial charge in [0.15, 0.2) is 0 Å². The molecule has 1 heterocycles. The first kappa shape index (κ1) is 16.0. The molecule has 2 unspecified atom stereocenters. The highest BCUT2D eigenvalue weighted by Gasteiger charge is 2.31. The second-order valence-electron chi connectivity index (χ2n) is 7.01. The highest BCUT2D eigenvalue weighted by Crippen LogP contribution is 2.33. The van der Waals surface area contributed by atoms with Crippen molar-refractivity contribution in [3.8, 4) is 0 Å². The van der Waals surface area contributed by atoms with E-state index in [9.17, 15) is 5.11 Å². The number of likely N-dealkylation sites (tertiary alicyclic amines) is 1. The number of halogens is 1. The van der Waals surface area contributed by atoms with Gasteiger partial charge in [-0.25, -0.2) is 0 Å². The Hall–Kier alpha value is -0.380. The van der Waals surface area contributed by atoms with E-state index in [1.54, 1.807) is 0 Å². The molecule has 2 nitrogen and oxygen atoms in total. The second kappa shape index (κ2) is 6.59. The van der Waals surface area contributed by atoms with E-state index in [0.717, 1.165) is 28.9 Å². The molecule has 112 valence electrons. The summed E-state index contributed by atoms with van der Waals surface area (Å²) in [5, 5.41) is 10.3. The van der Waals surface area contributed by atoms with Crippen molar-refractivity contribution in [2.24, 2.45) is 11.3 Å². The fourth-order valence-corrected chi connectivity index (χ4v) is 3.16. The van der Waals surface area contributed by atoms with Gasteiger partial charge >= 0.3 is 0 Å². The Morgan fingerprint density at radius 3 is 2.50 bits per heavy atom. The van der Waals surface area contributed by atoms with Crippen LogP contribution in [0.2, 0.25) is 0 Å². The minimum absolute atomic E-state index is 0.350. The molecule has 1 N–H and O–H groups in total. The molecule has 1 saturated heterocycles. The minimum atomic E-state index is -0.350. The Bertz CT molecular complexity index is 424. The molecule has 20 heavy (non-hydrogen) atoms. The number of benzene rings is 1. The largest absolute Gasteiger partial charge is 0.388 e. The summed E-state index contributed by atoms with van der Waals surface area (Å²) in [7, 11) is 0. The molecule has 1 aliphatic heterocycles. The zero-order chi connectivity index (χ0) is 14.8. The lowest BCUT2D eigenvalue weighted by Crippen LogP contribution is -2.27. The third kappa shape index (κ3) is 4.31. The maximum absolute atomic E-state index is 10.3. The van der Waals surface area contributed by atoms with E-state index in [0.29, 0.717) is 5.41 Å². The molecular weight excluding hydrogens is 314 g/mol. The molecule has 0 aromatic heterocycles. The van der Waals surface area contributed by atoms with Gasteiger partial charge in [-0.05, 0) is 48.4 Å². The predicted octanol–water partition coefficient (Wildman–Crippen LogP) is 4.24. The zero-order valence-electron chi connectivity index (χ0n) is 12.8. The van der Waals surface area contributed by atoms with Gasteiger partial charge in [-0.3, -0.25) is 0 Å². The van der Waals surface area contributed by atoms with E-state index in [-0.39, 0.29) is 6.10 Å². The number of rotatable bonds is 4. The van der Waals surface area contributed by atoms with Crippen LogP contribution in [0.15, 0.2) is 28.7 Å². The molecule has 0 amide bonds. The number of nitrogens with zero attached hydrogens (tertiary/aromatic N) is 1. The van der Waals surface area contributed by atoms with Crippen molar-refractivity contribution in [2.75, 3.05) is 19.6 Å². The first-order valence-electron chi connectivity index (χ1n) is 7.52. The van der Waals surface area contributed by atoms with E-state index < -0.39 is 0 Å². The predicted molar refractivity (Wildman–Crippen MR) is 87.7 cm³/mol. The molecule has 0 bridgehead atoms. The van der Waals surface area contributed by atoms with Gasteiger partial charge in [0, 0.05) is 17.6 Å². The van der Waals surface area contributed by atoms with Gasteiger partial charge in [-0.2, -0.15) is 0 Å². The van der Waals surface area contributed by atoms with Gasteiger partial charge in [0.25, 0.3) is 0 Å². The molecule has 1 fully saturated rings. The molecule has 2 atom stereocenters. The lowest BCUT2D eigenvalue weighted by atomic mass is 9.80. The molecule has 0 aliphatic carbocycles. The third-order valence-corrected chi connectivity index (χ3v) is 5.00. The van der Waals surface area contributed by atoms with E-state index in [1.165, 1.54) is 19.5 Å². The summed E-state index contributed by atoms with van der Waals surface area (Å²) in [5.41, 5.74) is 1.42. The van der Waals surface area contributed by atoms with Crippen molar-refractivity contribution in [1.82, 2.24) is 4.90 Å². The summed E-state index contributed by atoms with van der Waals surface area (Å²) in [4.78, 5) is 2.50. The molecule has 3 heteroatoms. The fourth-order valence-electron chi connectivity index (χ4n) is 2.90. The molecule has 2 rings (SSSR count). The Balaban J connectivity index is 1.80. The molecule has 1 aliphatic rings. The maximum atomic E-state index is 10.3. The highest BCUT2D eigenvalue weighted by molar-refractivity contribution is 9.10. The lowest BCUT2D eigenvalue weighted by molar-refractivity contribution is 0.144. The molecule has 0 radical (unpaired) electrons. The van der Waals surface area contributed by atoms with Crippen LogP contribution in [0.1, 0.15) is 45.3 Å². The number of hydrogen-bond donors (Lipinski definition) is 1. The normalized spacial score (nSPS) is 22.1. The van der Waals surface area contributed by atoms with Gasteiger partial charge in [-0.15, -0.1) is 0 Å². The second-order valence-corrected chi connectivity index (χ2v) is 7.92. The average molecular weight is 340 g/mol. The van der Waals surface area contributed by atoms with Crippen molar-refractivity contribution in [1.29, 1.82) is 0 Å². The van der Waals surface area contributed by atoms with Crippen LogP contribution in [0.25, 0.3) is 0 Å². The summed E-state index contributed by atoms with van der Waals surface area (Å²) < 4.78 is 1.06. The molecule has 1 aromatic rings. The van der Waals surface area contributed by atoms with Gasteiger partial charge < -0.3 is 10.0 Å². The van der Waals surface area contributed by atoms with Crippen LogP contribution in [0.3, 0.4) is 0 Å². The molecule has 0 spiro atoms. The summed E-state index contributed by atoms with van der Waals surface area (Å²) in [6, 6.07) is 7.97. The zero-order valence-corrected chi connectivity index (χ0v) is 14.4. The standard InChI is InChI=1S/C17H26BrNO/c1-17(2,3)14-8-10-19(12-14)11-9-16(20)13-4-6-15(18)7-5-13/h4-7,14,16,20H,8-12H2,1-3H3. The van der Waals surface area contributed by atoms with Crippen molar-refractivity contribution >= 4 is 15.9 Å². The smallest absolute Gasteiger partial charge is 0.0802 e. The first-order valence-corrected chi connectivity index (χ1v) is 8.31. The minimum Gasteiger partial charge on any atom is -0.388 e. The van der Waals surface area contributed by atoms with Crippen LogP contribution in [0.5, 0.6) is 0 Å². The number of aliphatic hydroxyl groups excluding tert-OH is 1. The highest BCUT2D eigenvalue weighted by atomic mass is 79.9. The van der Waals surface area contributed by atoms with Crippen molar-refractivity contribution < 1.29 is 5.11 Å². The van der Waals surface area contributed by atoms with Gasteiger partial charge in [0.1, 0.15) is 0 Å². The number of hydrogen-bond acceptors (Lipinski definition) is 2. The quantitative estimate of drug-likeness (QED) is 0.886. The van der Waals surface area contributed by atoms with E-state index in [4.69, 9.17) is 0 Å². The van der Waals surface area contributed by atoms with Crippen LogP contribution in [-0.4, -0.2) is 29.6 Å². The van der Waals surface area contributed by atoms with Gasteiger partial charge in [0.2, 0.25) is 0 Å². The summed E-state index contributed by atoms with van der Waals surface area (Å²) >= 11 is 3.42. The Morgan fingerprint density at radius 1 is 1.30 bits per heavy atom. The van der Waals surface area contributed by atoms with Crippen LogP contribution in [0, 0.1) is 11.3 Å². The van der Waals surface area contributed by atoms with Crippen LogP contribution >= 0.6 is 15.9 Å². The van der Waals surface area contributed by atoms with Crippen LogP contribution in [0.4, 0.5) is 0 Å². The van der Waals surface area contributed by atoms with Gasteiger partial charge in [0.05, 0.1) is 6.10 Å². The summed E-state index contributed by atoms with van der Waals surface area (Å²) in [5.74, 6) is 0.785. The van der Waals surface area contributed by atoms with Crippen molar-refractivity contribution in [2.45, 2.75) is 39.7 Å².